The van der Waals surface area contributed by atoms with E-state index in [1.165, 1.54) is 10.2 Å². The van der Waals surface area contributed by atoms with Crippen LogP contribution in [0.2, 0.25) is 0 Å². The number of hydrogen-bond acceptors (Lipinski definition) is 5. The number of para-hydroxylation sites is 2. The first-order valence-electron chi connectivity index (χ1n) is 10.5. The van der Waals surface area contributed by atoms with E-state index in [1.54, 1.807) is 6.21 Å². The largest absolute Gasteiger partial charge is 0.383 e. The van der Waals surface area contributed by atoms with Crippen LogP contribution < -0.4 is 11.1 Å². The van der Waals surface area contributed by atoms with Gasteiger partial charge in [-0.15, -0.1) is 0 Å². The van der Waals surface area contributed by atoms with Crippen molar-refractivity contribution in [1.82, 2.24) is 20.0 Å². The van der Waals surface area contributed by atoms with Crippen LogP contribution in [-0.2, 0) is 0 Å². The minimum absolute atomic E-state index is 0.224. The second-order valence-electron chi connectivity index (χ2n) is 7.57. The van der Waals surface area contributed by atoms with Crippen molar-refractivity contribution in [3.8, 4) is 0 Å². The van der Waals surface area contributed by atoms with E-state index in [9.17, 15) is 4.79 Å². The van der Waals surface area contributed by atoms with Crippen LogP contribution in [0.3, 0.4) is 0 Å². The molecule has 0 aliphatic rings. The quantitative estimate of drug-likeness (QED) is 0.348. The van der Waals surface area contributed by atoms with E-state index in [0.717, 1.165) is 24.8 Å². The highest BCUT2D eigenvalue weighted by atomic mass is 16.1. The van der Waals surface area contributed by atoms with Crippen molar-refractivity contribution in [3.63, 3.8) is 0 Å². The Morgan fingerprint density at radius 2 is 1.81 bits per heavy atom. The predicted molar refractivity (Wildman–Crippen MR) is 125 cm³/mol. The lowest BCUT2D eigenvalue weighted by Crippen LogP contribution is -2.25. The molecule has 0 saturated carbocycles. The van der Waals surface area contributed by atoms with Gasteiger partial charge in [0.2, 0.25) is 0 Å². The second-order valence-corrected chi connectivity index (χ2v) is 7.57. The molecule has 2 heterocycles. The number of nitrogens with one attached hydrogen (secondary N) is 1. The summed E-state index contributed by atoms with van der Waals surface area (Å²) in [7, 11) is 0. The molecule has 2 aromatic carbocycles. The van der Waals surface area contributed by atoms with Crippen LogP contribution in [0.5, 0.6) is 0 Å². The molecule has 7 nitrogen and oxygen atoms in total. The number of amides is 1. The van der Waals surface area contributed by atoms with Crippen molar-refractivity contribution < 1.29 is 4.79 Å². The molecule has 0 spiro atoms. The summed E-state index contributed by atoms with van der Waals surface area (Å²) < 4.78 is 1.50. The molecule has 3 N–H and O–H groups in total. The lowest BCUT2D eigenvalue weighted by atomic mass is 10.2. The number of nitrogen functional groups attached to an aromatic ring is 1. The summed E-state index contributed by atoms with van der Waals surface area (Å²) in [6, 6.07) is 15.5. The van der Waals surface area contributed by atoms with Crippen molar-refractivity contribution in [2.24, 2.45) is 5.10 Å². The molecule has 0 unspecified atom stereocenters. The molecule has 0 atom stereocenters. The van der Waals surface area contributed by atoms with Gasteiger partial charge >= 0.3 is 0 Å². The molecule has 4 rings (SSSR count). The number of anilines is 1. The Kier molecular flexibility index (Phi) is 5.93. The molecule has 0 radical (unpaired) electrons. The first kappa shape index (κ1) is 20.5. The van der Waals surface area contributed by atoms with Crippen molar-refractivity contribution >= 4 is 40.1 Å². The Morgan fingerprint density at radius 3 is 2.52 bits per heavy atom. The lowest BCUT2D eigenvalue weighted by Gasteiger charge is -2.05. The zero-order chi connectivity index (χ0) is 21.8. The number of unbranched alkanes of at least 4 members (excludes halogenated alkanes) is 2. The van der Waals surface area contributed by atoms with Crippen LogP contribution in [0.1, 0.15) is 47.7 Å². The zero-order valence-corrected chi connectivity index (χ0v) is 17.8. The van der Waals surface area contributed by atoms with Gasteiger partial charge in [0.25, 0.3) is 5.91 Å². The standard InChI is InChI=1S/C24H26N6O/c1-3-4-7-14-26-24(31)20-21-23(29-19-9-6-5-8-18(19)28-21)30(22(20)25)27-15-17-12-10-16(2)11-13-17/h5-6,8-13,15H,3-4,7,14,25H2,1-2H3,(H,26,31)/b27-15+. The highest BCUT2D eigenvalue weighted by Crippen LogP contribution is 2.27. The monoisotopic (exact) mass is 414 g/mol. The second kappa shape index (κ2) is 8.95. The number of benzene rings is 2. The molecule has 0 fully saturated rings. The molecule has 0 aliphatic heterocycles. The maximum absolute atomic E-state index is 13.0. The van der Waals surface area contributed by atoms with E-state index in [-0.39, 0.29) is 11.7 Å². The van der Waals surface area contributed by atoms with E-state index in [0.29, 0.717) is 34.3 Å². The van der Waals surface area contributed by atoms with Crippen molar-refractivity contribution in [2.45, 2.75) is 33.1 Å². The molecular formula is C24H26N6O. The minimum atomic E-state index is -0.257. The van der Waals surface area contributed by atoms with E-state index in [1.807, 2.05) is 55.5 Å². The van der Waals surface area contributed by atoms with Crippen molar-refractivity contribution in [1.29, 1.82) is 0 Å². The Hall–Kier alpha value is -3.74. The van der Waals surface area contributed by atoms with Gasteiger partial charge in [-0.25, -0.2) is 9.97 Å². The molecule has 1 amide bonds. The SMILES string of the molecule is CCCCCNC(=O)c1c(N)n(/N=C/c2ccc(C)cc2)c2nc3ccccc3nc12. The topological polar surface area (TPSA) is 98.2 Å². The van der Waals surface area contributed by atoms with E-state index in [4.69, 9.17) is 15.7 Å². The summed E-state index contributed by atoms with van der Waals surface area (Å²) in [5.41, 5.74) is 11.1. The average molecular weight is 415 g/mol. The molecule has 0 bridgehead atoms. The molecule has 2 aromatic heterocycles. The van der Waals surface area contributed by atoms with Crippen LogP contribution in [-0.4, -0.2) is 33.3 Å². The van der Waals surface area contributed by atoms with Gasteiger partial charge in [-0.05, 0) is 31.0 Å². The zero-order valence-electron chi connectivity index (χ0n) is 17.8. The van der Waals surface area contributed by atoms with E-state index in [2.05, 4.69) is 17.3 Å². The highest BCUT2D eigenvalue weighted by Gasteiger charge is 2.23. The number of aromatic nitrogens is 3. The number of carbonyl (C=O) groups is 1. The predicted octanol–water partition coefficient (Wildman–Crippen LogP) is 4.28. The van der Waals surface area contributed by atoms with Crippen LogP contribution in [0.4, 0.5) is 5.82 Å². The smallest absolute Gasteiger partial charge is 0.257 e. The summed E-state index contributed by atoms with van der Waals surface area (Å²) in [6.07, 6.45) is 4.77. The van der Waals surface area contributed by atoms with Crippen LogP contribution in [0.15, 0.2) is 53.6 Å². The Balaban J connectivity index is 1.80. The molecule has 0 saturated heterocycles. The van der Waals surface area contributed by atoms with Gasteiger partial charge in [-0.3, -0.25) is 4.79 Å². The van der Waals surface area contributed by atoms with Crippen LogP contribution in [0.25, 0.3) is 22.2 Å². The number of nitrogens with two attached hydrogens (primary N) is 1. The van der Waals surface area contributed by atoms with Crippen LogP contribution >= 0.6 is 0 Å². The molecular weight excluding hydrogens is 388 g/mol. The lowest BCUT2D eigenvalue weighted by molar-refractivity contribution is 0.0955. The summed E-state index contributed by atoms with van der Waals surface area (Å²) in [5.74, 6) is -0.0332. The van der Waals surface area contributed by atoms with Crippen molar-refractivity contribution in [3.05, 3.63) is 65.2 Å². The highest BCUT2D eigenvalue weighted by molar-refractivity contribution is 6.10. The Labute approximate surface area is 181 Å². The first-order chi connectivity index (χ1) is 15.1. The number of nitrogens with zero attached hydrogens (tertiary/aromatic N) is 4. The molecule has 0 aliphatic carbocycles. The minimum Gasteiger partial charge on any atom is -0.383 e. The Morgan fingerprint density at radius 1 is 1.10 bits per heavy atom. The van der Waals surface area contributed by atoms with Gasteiger partial charge in [-0.1, -0.05) is 61.7 Å². The molecule has 7 heteroatoms. The first-order valence-corrected chi connectivity index (χ1v) is 10.5. The average Bonchev–Trinajstić information content (AvgIpc) is 3.05. The number of aryl methyl sites for hydroxylation is 1. The van der Waals surface area contributed by atoms with E-state index >= 15 is 0 Å². The summed E-state index contributed by atoms with van der Waals surface area (Å²) in [5, 5.41) is 7.49. The van der Waals surface area contributed by atoms with E-state index < -0.39 is 0 Å². The normalized spacial score (nSPS) is 11.5. The van der Waals surface area contributed by atoms with Crippen molar-refractivity contribution in [2.75, 3.05) is 12.3 Å². The number of carbonyl (C=O) groups excluding carboxylic acids is 1. The maximum Gasteiger partial charge on any atom is 0.257 e. The van der Waals surface area contributed by atoms with Gasteiger partial charge in [0.05, 0.1) is 17.2 Å². The van der Waals surface area contributed by atoms with Gasteiger partial charge < -0.3 is 11.1 Å². The maximum atomic E-state index is 13.0. The third kappa shape index (κ3) is 4.26. The molecule has 31 heavy (non-hydrogen) atoms. The van der Waals surface area contributed by atoms with Gasteiger partial charge in [-0.2, -0.15) is 9.78 Å². The van der Waals surface area contributed by atoms with Gasteiger partial charge in [0.15, 0.2) is 5.65 Å². The molecule has 158 valence electrons. The number of hydrogen-bond donors (Lipinski definition) is 2. The summed E-state index contributed by atoms with van der Waals surface area (Å²) in [4.78, 5) is 22.4. The fourth-order valence-electron chi connectivity index (χ4n) is 3.43. The fraction of sp³-hybridized carbons (Fsp3) is 0.250. The number of rotatable bonds is 7. The Bertz CT molecular complexity index is 1260. The van der Waals surface area contributed by atoms with Gasteiger partial charge in [0.1, 0.15) is 16.9 Å². The fourth-order valence-corrected chi connectivity index (χ4v) is 3.43. The van der Waals surface area contributed by atoms with Gasteiger partial charge in [0, 0.05) is 6.54 Å². The summed E-state index contributed by atoms with van der Waals surface area (Å²) >= 11 is 0. The summed E-state index contributed by atoms with van der Waals surface area (Å²) in [6.45, 7) is 4.75. The molecule has 4 aromatic rings. The van der Waals surface area contributed by atoms with Crippen LogP contribution in [0, 0.1) is 6.92 Å². The third-order valence-corrected chi connectivity index (χ3v) is 5.17. The third-order valence-electron chi connectivity index (χ3n) is 5.17. The number of fused-ring (bicyclic) bond motifs is 2.